The number of rotatable bonds is 11. The van der Waals surface area contributed by atoms with Gasteiger partial charge < -0.3 is 30.0 Å². The number of ether oxygens (including phenoxy) is 3. The summed E-state index contributed by atoms with van der Waals surface area (Å²) >= 11 is 3.33. The molecule has 3 amide bonds. The topological polar surface area (TPSA) is 239 Å². The van der Waals surface area contributed by atoms with Crippen LogP contribution in [0.3, 0.4) is 0 Å². The summed E-state index contributed by atoms with van der Waals surface area (Å²) < 4.78 is 34.2. The molecule has 1 fully saturated rings. The van der Waals surface area contributed by atoms with E-state index in [0.717, 1.165) is 4.47 Å². The van der Waals surface area contributed by atoms with Gasteiger partial charge in [-0.25, -0.2) is 28.1 Å². The molecule has 3 N–H and O–H groups in total. The van der Waals surface area contributed by atoms with Crippen molar-refractivity contribution in [2.24, 2.45) is 0 Å². The average Bonchev–Trinajstić information content (AvgIpc) is 3.91. The van der Waals surface area contributed by atoms with Crippen molar-refractivity contribution in [1.29, 1.82) is 0 Å². The lowest BCUT2D eigenvalue weighted by Gasteiger charge is -2.19. The smallest absolute Gasteiger partial charge is 0.414 e. The van der Waals surface area contributed by atoms with Crippen LogP contribution in [0.15, 0.2) is 59.3 Å². The third-order valence-electron chi connectivity index (χ3n) is 7.65. The van der Waals surface area contributed by atoms with E-state index >= 15 is 0 Å². The Hall–Kier alpha value is -6.16. The number of aromatic nitrogens is 10. The number of halogens is 2. The summed E-state index contributed by atoms with van der Waals surface area (Å²) in [5, 5.41) is 37.6. The van der Waals surface area contributed by atoms with Crippen LogP contribution in [0.1, 0.15) is 41.5 Å². The highest BCUT2D eigenvalue weighted by molar-refractivity contribution is 9.10. The van der Waals surface area contributed by atoms with Gasteiger partial charge in [-0.15, -0.1) is 10.2 Å². The van der Waals surface area contributed by atoms with Gasteiger partial charge >= 0.3 is 18.3 Å². The molecular formula is C36H43BrFN13O7. The lowest BCUT2D eigenvalue weighted by Crippen LogP contribution is -2.34. The van der Waals surface area contributed by atoms with E-state index < -0.39 is 41.4 Å². The normalized spacial score (nSPS) is 14.0. The molecule has 0 spiro atoms. The molecule has 308 valence electrons. The van der Waals surface area contributed by atoms with Crippen molar-refractivity contribution >= 4 is 39.9 Å². The minimum atomic E-state index is -0.637. The van der Waals surface area contributed by atoms with E-state index in [1.165, 1.54) is 21.8 Å². The molecule has 1 aliphatic rings. The maximum atomic E-state index is 14.9. The Morgan fingerprint density at radius 2 is 1.41 bits per heavy atom. The highest BCUT2D eigenvalue weighted by Crippen LogP contribution is 2.29. The standard InChI is InChI=1S/C23H26FN7O5.C13H17BrN6O2/c1-23(2,3)36-21(33)25-8-9-31-20(27-28-29-31)19-7-4-14(11-26-19)17-6-5-15(10-18(17)24)30-12-16(13-32)35-22(30)34;1-13(2,3)22-12(21)15-6-7-20-11(17-18-19-20)10-5-4-9(14)8-16-10/h4-7,10-11,16,32H,8-9,12-13H2,1-3H3,(H,25,33);4-5,8H,6-7H2,1-3H3,(H,15,21)/t16-;/m1./s1. The summed E-state index contributed by atoms with van der Waals surface area (Å²) in [6, 6.07) is 11.4. The van der Waals surface area contributed by atoms with E-state index in [4.69, 9.17) is 14.2 Å². The summed E-state index contributed by atoms with van der Waals surface area (Å²) in [6.45, 7) is 11.9. The van der Waals surface area contributed by atoms with Crippen LogP contribution >= 0.6 is 15.9 Å². The molecule has 0 unspecified atom stereocenters. The zero-order chi connectivity index (χ0) is 42.0. The Balaban J connectivity index is 0.000000249. The summed E-state index contributed by atoms with van der Waals surface area (Å²) in [6.07, 6.45) is 0.893. The van der Waals surface area contributed by atoms with Crippen LogP contribution in [-0.4, -0.2) is 117 Å². The molecule has 5 aromatic rings. The van der Waals surface area contributed by atoms with Crippen LogP contribution in [0, 0.1) is 5.82 Å². The second-order valence-corrected chi connectivity index (χ2v) is 15.5. The Kier molecular flexibility index (Phi) is 14.0. The molecule has 58 heavy (non-hydrogen) atoms. The Bertz CT molecular complexity index is 2170. The van der Waals surface area contributed by atoms with E-state index in [1.807, 2.05) is 32.9 Å². The second kappa shape index (κ2) is 18.9. The Morgan fingerprint density at radius 3 is 1.86 bits per heavy atom. The first-order valence-corrected chi connectivity index (χ1v) is 18.7. The first-order chi connectivity index (χ1) is 27.5. The lowest BCUT2D eigenvalue weighted by atomic mass is 10.1. The molecule has 5 heterocycles. The number of anilines is 1. The number of aliphatic hydroxyl groups excluding tert-OH is 1. The zero-order valence-corrected chi connectivity index (χ0v) is 34.2. The third kappa shape index (κ3) is 12.2. The van der Waals surface area contributed by atoms with Gasteiger partial charge in [-0.2, -0.15) is 0 Å². The number of alkyl carbamates (subject to hydrolysis) is 2. The van der Waals surface area contributed by atoms with Gasteiger partial charge in [-0.1, -0.05) is 6.07 Å². The quantitative estimate of drug-likeness (QED) is 0.156. The van der Waals surface area contributed by atoms with Crippen molar-refractivity contribution in [1.82, 2.24) is 61.0 Å². The highest BCUT2D eigenvalue weighted by atomic mass is 79.9. The predicted octanol–water partition coefficient (Wildman–Crippen LogP) is 4.41. The van der Waals surface area contributed by atoms with E-state index in [9.17, 15) is 23.9 Å². The predicted molar refractivity (Wildman–Crippen MR) is 208 cm³/mol. The molecule has 1 atom stereocenters. The summed E-state index contributed by atoms with van der Waals surface area (Å²) in [5.74, 6) is 0.383. The molecular weight excluding hydrogens is 825 g/mol. The number of nitrogens with zero attached hydrogens (tertiary/aromatic N) is 11. The van der Waals surface area contributed by atoms with Crippen LogP contribution < -0.4 is 15.5 Å². The van der Waals surface area contributed by atoms with Gasteiger partial charge in [0.25, 0.3) is 0 Å². The van der Waals surface area contributed by atoms with E-state index in [-0.39, 0.29) is 26.2 Å². The van der Waals surface area contributed by atoms with Crippen LogP contribution in [0.25, 0.3) is 34.2 Å². The fraction of sp³-hybridized carbons (Fsp3) is 0.417. The molecule has 1 saturated heterocycles. The number of pyridine rings is 2. The van der Waals surface area contributed by atoms with Crippen molar-refractivity contribution in [3.8, 4) is 34.2 Å². The average molecular weight is 869 g/mol. The molecule has 0 aliphatic carbocycles. The monoisotopic (exact) mass is 867 g/mol. The lowest BCUT2D eigenvalue weighted by molar-refractivity contribution is 0.0514. The molecule has 22 heteroatoms. The minimum Gasteiger partial charge on any atom is -0.444 e. The molecule has 4 aromatic heterocycles. The van der Waals surface area contributed by atoms with Crippen molar-refractivity contribution in [2.75, 3.05) is 31.1 Å². The summed E-state index contributed by atoms with van der Waals surface area (Å²) in [7, 11) is 0. The highest BCUT2D eigenvalue weighted by Gasteiger charge is 2.32. The third-order valence-corrected chi connectivity index (χ3v) is 8.12. The van der Waals surface area contributed by atoms with Gasteiger partial charge in [0.15, 0.2) is 0 Å². The zero-order valence-electron chi connectivity index (χ0n) is 32.6. The molecule has 20 nitrogen and oxygen atoms in total. The van der Waals surface area contributed by atoms with Gasteiger partial charge in [0.1, 0.15) is 34.5 Å². The molecule has 0 saturated carbocycles. The Labute approximate surface area is 340 Å². The maximum absolute atomic E-state index is 14.9. The number of benzene rings is 1. The Morgan fingerprint density at radius 1 is 0.862 bits per heavy atom. The number of carbonyl (C=O) groups excluding carboxylic acids is 3. The number of carbonyl (C=O) groups is 3. The minimum absolute atomic E-state index is 0.145. The fourth-order valence-electron chi connectivity index (χ4n) is 5.16. The van der Waals surface area contributed by atoms with Gasteiger partial charge in [-0.3, -0.25) is 14.9 Å². The molecule has 1 aliphatic heterocycles. The van der Waals surface area contributed by atoms with Crippen LogP contribution in [-0.2, 0) is 27.3 Å². The van der Waals surface area contributed by atoms with Gasteiger partial charge in [0.05, 0.1) is 31.9 Å². The van der Waals surface area contributed by atoms with Crippen molar-refractivity contribution in [3.05, 3.63) is 65.1 Å². The largest absolute Gasteiger partial charge is 0.444 e. The number of aliphatic hydroxyl groups is 1. The maximum Gasteiger partial charge on any atom is 0.414 e. The molecule has 6 rings (SSSR count). The second-order valence-electron chi connectivity index (χ2n) is 14.6. The first kappa shape index (κ1) is 43.0. The first-order valence-electron chi connectivity index (χ1n) is 17.9. The van der Waals surface area contributed by atoms with Crippen molar-refractivity contribution in [3.63, 3.8) is 0 Å². The SMILES string of the molecule is CC(C)(C)OC(=O)NCCn1nnnc1-c1ccc(-c2ccc(N3C[C@H](CO)OC3=O)cc2F)cn1.CC(C)(C)OC(=O)NCCn1nnnc1-c1ccc(Br)cn1. The van der Waals surface area contributed by atoms with E-state index in [1.54, 1.807) is 55.9 Å². The van der Waals surface area contributed by atoms with Gasteiger partial charge in [0, 0.05) is 41.1 Å². The number of amides is 3. The van der Waals surface area contributed by atoms with Gasteiger partial charge in [0.2, 0.25) is 11.6 Å². The summed E-state index contributed by atoms with van der Waals surface area (Å²) in [4.78, 5) is 45.2. The number of cyclic esters (lactones) is 1. The van der Waals surface area contributed by atoms with Crippen LogP contribution in [0.4, 0.5) is 24.5 Å². The van der Waals surface area contributed by atoms with Crippen molar-refractivity contribution < 1.29 is 38.1 Å². The van der Waals surface area contributed by atoms with Gasteiger partial charge in [-0.05, 0) is 115 Å². The summed E-state index contributed by atoms with van der Waals surface area (Å²) in [5.41, 5.74) is 1.15. The van der Waals surface area contributed by atoms with Crippen molar-refractivity contribution in [2.45, 2.75) is 71.9 Å². The van der Waals surface area contributed by atoms with E-state index in [2.05, 4.69) is 67.6 Å². The molecule has 0 radical (unpaired) electrons. The number of hydrogen-bond acceptors (Lipinski definition) is 15. The molecule has 1 aromatic carbocycles. The number of tetrazole rings is 2. The fourth-order valence-corrected chi connectivity index (χ4v) is 5.40. The number of nitrogens with one attached hydrogen (secondary N) is 2. The van der Waals surface area contributed by atoms with Crippen LogP contribution in [0.5, 0.6) is 0 Å². The van der Waals surface area contributed by atoms with E-state index in [0.29, 0.717) is 52.9 Å². The number of hydrogen-bond donors (Lipinski definition) is 3. The van der Waals surface area contributed by atoms with Crippen LogP contribution in [0.2, 0.25) is 0 Å². The molecule has 0 bridgehead atoms.